The summed E-state index contributed by atoms with van der Waals surface area (Å²) in [5.41, 5.74) is 0. The van der Waals surface area contributed by atoms with Crippen molar-refractivity contribution in [3.8, 4) is 0 Å². The van der Waals surface area contributed by atoms with Gasteiger partial charge >= 0.3 is 5.97 Å². The zero-order valence-corrected chi connectivity index (χ0v) is 10.9. The van der Waals surface area contributed by atoms with Gasteiger partial charge in [0, 0.05) is 14.2 Å². The minimum Gasteiger partial charge on any atom is -0.481 e. The van der Waals surface area contributed by atoms with Gasteiger partial charge in [-0.3, -0.25) is 4.79 Å². The maximum absolute atomic E-state index is 10.3. The molecular weight excluding hydrogens is 260 g/mol. The molecule has 1 saturated heterocycles. The first-order chi connectivity index (χ1) is 9.01. The molecule has 5 unspecified atom stereocenters. The van der Waals surface area contributed by atoms with Gasteiger partial charge in [-0.25, -0.2) is 0 Å². The molecule has 5 atom stereocenters. The Labute approximate surface area is 110 Å². The Bertz CT molecular complexity index is 284. The lowest BCUT2D eigenvalue weighted by Crippen LogP contribution is -2.59. The molecule has 8 heteroatoms. The second-order valence-corrected chi connectivity index (χ2v) is 4.18. The van der Waals surface area contributed by atoms with E-state index >= 15 is 0 Å². The molecule has 1 aliphatic heterocycles. The third-order valence-electron chi connectivity index (χ3n) is 2.89. The Morgan fingerprint density at radius 3 is 2.42 bits per heavy atom. The van der Waals surface area contributed by atoms with E-state index in [0.717, 1.165) is 0 Å². The largest absolute Gasteiger partial charge is 0.481 e. The van der Waals surface area contributed by atoms with Crippen LogP contribution in [-0.4, -0.2) is 79.4 Å². The average molecular weight is 280 g/mol. The second kappa shape index (κ2) is 7.73. The van der Waals surface area contributed by atoms with Crippen LogP contribution in [0, 0.1) is 0 Å². The Morgan fingerprint density at radius 2 is 1.89 bits per heavy atom. The number of rotatable bonds is 7. The number of ether oxygens (including phenoxy) is 4. The number of aliphatic carboxylic acids is 1. The van der Waals surface area contributed by atoms with Crippen molar-refractivity contribution in [1.29, 1.82) is 0 Å². The van der Waals surface area contributed by atoms with Crippen LogP contribution in [0.3, 0.4) is 0 Å². The van der Waals surface area contributed by atoms with Gasteiger partial charge in [-0.05, 0) is 0 Å². The fraction of sp³-hybridized carbons (Fsp3) is 0.909. The van der Waals surface area contributed by atoms with Crippen LogP contribution in [0.25, 0.3) is 0 Å². The second-order valence-electron chi connectivity index (χ2n) is 4.18. The van der Waals surface area contributed by atoms with E-state index in [1.54, 1.807) is 0 Å². The molecule has 1 rings (SSSR count). The van der Waals surface area contributed by atoms with Crippen LogP contribution in [0.2, 0.25) is 0 Å². The van der Waals surface area contributed by atoms with Crippen LogP contribution in [0.5, 0.6) is 0 Å². The smallest absolute Gasteiger partial charge is 0.305 e. The number of aliphatic hydroxyl groups excluding tert-OH is 2. The van der Waals surface area contributed by atoms with Crippen LogP contribution >= 0.6 is 0 Å². The Morgan fingerprint density at radius 1 is 1.21 bits per heavy atom. The van der Waals surface area contributed by atoms with Gasteiger partial charge in [0.15, 0.2) is 6.29 Å². The van der Waals surface area contributed by atoms with Gasteiger partial charge in [0.1, 0.15) is 24.4 Å². The van der Waals surface area contributed by atoms with E-state index in [2.05, 4.69) is 0 Å². The summed E-state index contributed by atoms with van der Waals surface area (Å²) in [5, 5.41) is 28.0. The fourth-order valence-electron chi connectivity index (χ4n) is 1.88. The maximum Gasteiger partial charge on any atom is 0.305 e. The standard InChI is InChI=1S/C11H20O8/c1-16-10-6(5-18-4-3-7(12)13)19-11(17-2)9(15)8(10)14/h6,8-11,14-15H,3-5H2,1-2H3,(H,12,13). The minimum absolute atomic E-state index is 0.0297. The lowest BCUT2D eigenvalue weighted by atomic mass is 9.99. The number of carboxylic acid groups (broad SMARTS) is 1. The summed E-state index contributed by atoms with van der Waals surface area (Å²) in [6, 6.07) is 0. The lowest BCUT2D eigenvalue weighted by molar-refractivity contribution is -0.299. The quantitative estimate of drug-likeness (QED) is 0.487. The molecule has 0 aromatic heterocycles. The molecule has 1 fully saturated rings. The molecule has 0 aliphatic carbocycles. The van der Waals surface area contributed by atoms with Gasteiger partial charge in [0.25, 0.3) is 0 Å². The topological polar surface area (TPSA) is 115 Å². The number of aliphatic hydroxyl groups is 2. The first-order valence-electron chi connectivity index (χ1n) is 5.88. The fourth-order valence-corrected chi connectivity index (χ4v) is 1.88. The predicted molar refractivity (Wildman–Crippen MR) is 61.6 cm³/mol. The molecule has 8 nitrogen and oxygen atoms in total. The summed E-state index contributed by atoms with van der Waals surface area (Å²) < 4.78 is 20.5. The third-order valence-corrected chi connectivity index (χ3v) is 2.89. The first-order valence-corrected chi connectivity index (χ1v) is 5.88. The van der Waals surface area contributed by atoms with Crippen LogP contribution in [0.1, 0.15) is 6.42 Å². The van der Waals surface area contributed by atoms with E-state index in [9.17, 15) is 15.0 Å². The molecule has 112 valence electrons. The zero-order chi connectivity index (χ0) is 14.4. The molecule has 0 radical (unpaired) electrons. The molecule has 0 aromatic carbocycles. The highest BCUT2D eigenvalue weighted by Crippen LogP contribution is 2.23. The number of hydrogen-bond donors (Lipinski definition) is 3. The summed E-state index contributed by atoms with van der Waals surface area (Å²) in [6.45, 7) is 0.0668. The van der Waals surface area contributed by atoms with E-state index in [4.69, 9.17) is 24.1 Å². The average Bonchev–Trinajstić information content (AvgIpc) is 2.38. The van der Waals surface area contributed by atoms with Crippen molar-refractivity contribution in [3.63, 3.8) is 0 Å². The van der Waals surface area contributed by atoms with Crippen molar-refractivity contribution in [2.45, 2.75) is 37.1 Å². The molecule has 0 amide bonds. The summed E-state index contributed by atoms with van der Waals surface area (Å²) in [4.78, 5) is 10.3. The Hall–Kier alpha value is -0.770. The van der Waals surface area contributed by atoms with E-state index in [0.29, 0.717) is 0 Å². The number of carboxylic acids is 1. The van der Waals surface area contributed by atoms with Crippen LogP contribution in [0.4, 0.5) is 0 Å². The normalized spacial score (nSPS) is 35.3. The molecule has 0 saturated carbocycles. The van der Waals surface area contributed by atoms with Gasteiger partial charge in [0.2, 0.25) is 0 Å². The number of hydrogen-bond acceptors (Lipinski definition) is 7. The van der Waals surface area contributed by atoms with Crippen molar-refractivity contribution < 1.29 is 39.1 Å². The lowest BCUT2D eigenvalue weighted by Gasteiger charge is -2.41. The highest BCUT2D eigenvalue weighted by Gasteiger charge is 2.45. The van der Waals surface area contributed by atoms with E-state index < -0.39 is 36.7 Å². The Kier molecular flexibility index (Phi) is 6.63. The van der Waals surface area contributed by atoms with Crippen molar-refractivity contribution in [2.24, 2.45) is 0 Å². The van der Waals surface area contributed by atoms with Gasteiger partial charge in [-0.2, -0.15) is 0 Å². The van der Waals surface area contributed by atoms with Crippen molar-refractivity contribution in [2.75, 3.05) is 27.4 Å². The Balaban J connectivity index is 2.51. The summed E-state index contributed by atoms with van der Waals surface area (Å²) in [7, 11) is 2.72. The van der Waals surface area contributed by atoms with Gasteiger partial charge in [-0.15, -0.1) is 0 Å². The number of methoxy groups -OCH3 is 2. The van der Waals surface area contributed by atoms with E-state index in [1.165, 1.54) is 14.2 Å². The molecule has 19 heavy (non-hydrogen) atoms. The van der Waals surface area contributed by atoms with Crippen molar-refractivity contribution in [1.82, 2.24) is 0 Å². The highest BCUT2D eigenvalue weighted by atomic mass is 16.7. The van der Waals surface area contributed by atoms with Crippen molar-refractivity contribution in [3.05, 3.63) is 0 Å². The predicted octanol–water partition coefficient (Wildman–Crippen LogP) is -1.41. The molecule has 0 aromatic rings. The minimum atomic E-state index is -1.22. The van der Waals surface area contributed by atoms with Crippen molar-refractivity contribution >= 4 is 5.97 Å². The number of carbonyl (C=O) groups is 1. The van der Waals surface area contributed by atoms with Gasteiger partial charge in [-0.1, -0.05) is 0 Å². The van der Waals surface area contributed by atoms with Gasteiger partial charge in [0.05, 0.1) is 19.6 Å². The maximum atomic E-state index is 10.3. The van der Waals surface area contributed by atoms with Gasteiger partial charge < -0.3 is 34.3 Å². The molecular formula is C11H20O8. The molecule has 0 bridgehead atoms. The SMILES string of the molecule is COC1OC(COCCC(=O)O)C(OC)C(O)C1O. The van der Waals surface area contributed by atoms with Crippen LogP contribution in [0.15, 0.2) is 0 Å². The highest BCUT2D eigenvalue weighted by molar-refractivity contribution is 5.66. The summed E-state index contributed by atoms with van der Waals surface area (Å²) >= 11 is 0. The summed E-state index contributed by atoms with van der Waals surface area (Å²) in [5.74, 6) is -0.960. The molecule has 3 N–H and O–H groups in total. The van der Waals surface area contributed by atoms with E-state index in [-0.39, 0.29) is 19.6 Å². The van der Waals surface area contributed by atoms with E-state index in [1.807, 2.05) is 0 Å². The molecule has 0 spiro atoms. The zero-order valence-electron chi connectivity index (χ0n) is 10.9. The molecule has 1 aliphatic rings. The van der Waals surface area contributed by atoms with Crippen LogP contribution in [-0.2, 0) is 23.7 Å². The summed E-state index contributed by atoms with van der Waals surface area (Å²) in [6.07, 6.45) is -4.91. The third kappa shape index (κ3) is 4.37. The monoisotopic (exact) mass is 280 g/mol. The molecule has 1 heterocycles. The van der Waals surface area contributed by atoms with Crippen LogP contribution < -0.4 is 0 Å². The first kappa shape index (κ1) is 16.3.